The highest BCUT2D eigenvalue weighted by Crippen LogP contribution is 2.34. The first-order chi connectivity index (χ1) is 6.75. The van der Waals surface area contributed by atoms with Crippen LogP contribution in [0, 0.1) is 11.8 Å². The summed E-state index contributed by atoms with van der Waals surface area (Å²) in [5.41, 5.74) is 0. The quantitative estimate of drug-likeness (QED) is 0.699. The molecular formula is C12H15BrO. The van der Waals surface area contributed by atoms with Gasteiger partial charge in [0.05, 0.1) is 0 Å². The molecule has 0 amide bonds. The molecule has 76 valence electrons. The average Bonchev–Trinajstić information content (AvgIpc) is 2.18. The smallest absolute Gasteiger partial charge is 0.133 e. The van der Waals surface area contributed by atoms with Crippen molar-refractivity contribution >= 4 is 21.7 Å². The molecular weight excluding hydrogens is 240 g/mol. The van der Waals surface area contributed by atoms with Crippen molar-refractivity contribution in [2.75, 3.05) is 0 Å². The van der Waals surface area contributed by atoms with E-state index in [9.17, 15) is 4.79 Å². The average molecular weight is 255 g/mol. The van der Waals surface area contributed by atoms with Gasteiger partial charge in [0.2, 0.25) is 0 Å². The number of carbonyl (C=O) groups excluding carboxylic acids is 1. The molecule has 1 nitrogen and oxygen atoms in total. The van der Waals surface area contributed by atoms with E-state index in [1.165, 1.54) is 10.9 Å². The molecule has 0 aromatic carbocycles. The Hall–Kier alpha value is -0.370. The maximum atomic E-state index is 11.3. The second-order valence-corrected chi connectivity index (χ2v) is 5.16. The topological polar surface area (TPSA) is 17.1 Å². The molecule has 2 heteroatoms. The van der Waals surface area contributed by atoms with Crippen LogP contribution in [-0.4, -0.2) is 5.78 Å². The van der Waals surface area contributed by atoms with Gasteiger partial charge in [0.15, 0.2) is 0 Å². The molecule has 1 unspecified atom stereocenters. The van der Waals surface area contributed by atoms with Crippen molar-refractivity contribution in [1.82, 2.24) is 0 Å². The Kier molecular flexibility index (Phi) is 3.22. The normalized spacial score (nSPS) is 32.9. The molecule has 1 fully saturated rings. The van der Waals surface area contributed by atoms with Crippen LogP contribution in [0.5, 0.6) is 0 Å². The number of Topliss-reactive ketones (excluding diaryl/α,β-unsaturated/α-hetero) is 1. The number of carbonyl (C=O) groups is 1. The Balaban J connectivity index is 2.01. The Bertz CT molecular complexity index is 291. The van der Waals surface area contributed by atoms with Gasteiger partial charge in [-0.25, -0.2) is 0 Å². The van der Waals surface area contributed by atoms with Crippen molar-refractivity contribution in [3.05, 3.63) is 22.7 Å². The van der Waals surface area contributed by atoms with Crippen molar-refractivity contribution in [1.29, 1.82) is 0 Å². The van der Waals surface area contributed by atoms with Crippen molar-refractivity contribution in [2.24, 2.45) is 11.8 Å². The van der Waals surface area contributed by atoms with Gasteiger partial charge < -0.3 is 0 Å². The Morgan fingerprint density at radius 3 is 3.00 bits per heavy atom. The van der Waals surface area contributed by atoms with Crippen molar-refractivity contribution in [3.63, 3.8) is 0 Å². The molecule has 0 aliphatic heterocycles. The van der Waals surface area contributed by atoms with Crippen LogP contribution < -0.4 is 0 Å². The molecule has 0 spiro atoms. The van der Waals surface area contributed by atoms with Gasteiger partial charge in [-0.3, -0.25) is 4.79 Å². The first kappa shape index (κ1) is 10.2. The van der Waals surface area contributed by atoms with E-state index in [0.717, 1.165) is 25.7 Å². The van der Waals surface area contributed by atoms with E-state index < -0.39 is 0 Å². The summed E-state index contributed by atoms with van der Waals surface area (Å²) in [5.74, 6) is 1.63. The molecule has 0 saturated heterocycles. The molecule has 14 heavy (non-hydrogen) atoms. The van der Waals surface area contributed by atoms with Crippen LogP contribution in [0.1, 0.15) is 32.1 Å². The van der Waals surface area contributed by atoms with Crippen molar-refractivity contribution in [3.8, 4) is 0 Å². The van der Waals surface area contributed by atoms with Crippen LogP contribution in [0.15, 0.2) is 22.7 Å². The van der Waals surface area contributed by atoms with E-state index in [4.69, 9.17) is 0 Å². The first-order valence-corrected chi connectivity index (χ1v) is 6.10. The van der Waals surface area contributed by atoms with Crippen molar-refractivity contribution < 1.29 is 4.79 Å². The van der Waals surface area contributed by atoms with Gasteiger partial charge in [-0.1, -0.05) is 34.2 Å². The van der Waals surface area contributed by atoms with Gasteiger partial charge in [-0.05, 0) is 31.1 Å². The molecule has 2 aliphatic rings. The highest BCUT2D eigenvalue weighted by Gasteiger charge is 2.26. The molecule has 2 atom stereocenters. The summed E-state index contributed by atoms with van der Waals surface area (Å²) in [6, 6.07) is 0. The molecule has 0 radical (unpaired) electrons. The lowest BCUT2D eigenvalue weighted by molar-refractivity contribution is -0.121. The van der Waals surface area contributed by atoms with Crippen LogP contribution in [0.3, 0.4) is 0 Å². The summed E-state index contributed by atoms with van der Waals surface area (Å²) in [6.45, 7) is 0. The highest BCUT2D eigenvalue weighted by atomic mass is 79.9. The summed E-state index contributed by atoms with van der Waals surface area (Å²) in [7, 11) is 0. The highest BCUT2D eigenvalue weighted by molar-refractivity contribution is 9.11. The number of ketones is 1. The fraction of sp³-hybridized carbons (Fsp3) is 0.583. The Morgan fingerprint density at radius 2 is 2.29 bits per heavy atom. The van der Waals surface area contributed by atoms with Crippen LogP contribution in [0.2, 0.25) is 0 Å². The summed E-state index contributed by atoms with van der Waals surface area (Å²) in [5, 5.41) is 0. The Morgan fingerprint density at radius 1 is 1.43 bits per heavy atom. The molecule has 2 rings (SSSR count). The van der Waals surface area contributed by atoms with Gasteiger partial charge in [-0.2, -0.15) is 0 Å². The predicted molar refractivity (Wildman–Crippen MR) is 61.2 cm³/mol. The van der Waals surface area contributed by atoms with E-state index >= 15 is 0 Å². The third-order valence-electron chi connectivity index (χ3n) is 3.18. The number of rotatable bonds is 1. The molecule has 0 N–H and O–H groups in total. The zero-order valence-corrected chi connectivity index (χ0v) is 9.79. The number of hydrogen-bond donors (Lipinski definition) is 0. The molecule has 1 saturated carbocycles. The standard InChI is InChI=1S/C12H15BrO/c13-11-5-1-3-9(7-11)10-4-2-6-12(14)8-10/h1,5,7,9-10H,2-4,6,8H2/t9?,10-/m1/s1. The predicted octanol–water partition coefficient (Wildman–Crippen LogP) is 3.60. The lowest BCUT2D eigenvalue weighted by Crippen LogP contribution is -2.22. The lowest BCUT2D eigenvalue weighted by Gasteiger charge is -2.28. The minimum Gasteiger partial charge on any atom is -0.300 e. The van der Waals surface area contributed by atoms with Gasteiger partial charge in [0.1, 0.15) is 5.78 Å². The van der Waals surface area contributed by atoms with Crippen LogP contribution >= 0.6 is 15.9 Å². The number of hydrogen-bond acceptors (Lipinski definition) is 1. The lowest BCUT2D eigenvalue weighted by atomic mass is 9.77. The van der Waals surface area contributed by atoms with E-state index in [2.05, 4.69) is 34.2 Å². The second-order valence-electron chi connectivity index (χ2n) is 4.25. The van der Waals surface area contributed by atoms with E-state index in [1.54, 1.807) is 0 Å². The van der Waals surface area contributed by atoms with E-state index in [0.29, 0.717) is 17.6 Å². The largest absolute Gasteiger partial charge is 0.300 e. The maximum Gasteiger partial charge on any atom is 0.133 e. The molecule has 0 aromatic rings. The van der Waals surface area contributed by atoms with E-state index in [-0.39, 0.29) is 0 Å². The molecule has 0 aromatic heterocycles. The first-order valence-electron chi connectivity index (χ1n) is 5.31. The number of halogens is 1. The summed E-state index contributed by atoms with van der Waals surface area (Å²) in [4.78, 5) is 11.3. The van der Waals surface area contributed by atoms with Gasteiger partial charge in [0, 0.05) is 17.3 Å². The number of allylic oxidation sites excluding steroid dienone is 4. The molecule has 2 aliphatic carbocycles. The minimum atomic E-state index is 0.459. The van der Waals surface area contributed by atoms with Crippen LogP contribution in [0.4, 0.5) is 0 Å². The fourth-order valence-electron chi connectivity index (χ4n) is 2.42. The SMILES string of the molecule is O=C1CCC[C@@H](C2C=C(Br)C=CC2)C1. The fourth-order valence-corrected chi connectivity index (χ4v) is 2.94. The van der Waals surface area contributed by atoms with Gasteiger partial charge in [0.25, 0.3) is 0 Å². The van der Waals surface area contributed by atoms with E-state index in [1.807, 2.05) is 0 Å². The zero-order chi connectivity index (χ0) is 9.97. The summed E-state index contributed by atoms with van der Waals surface area (Å²) >= 11 is 3.50. The molecule has 0 heterocycles. The summed E-state index contributed by atoms with van der Waals surface area (Å²) < 4.78 is 1.17. The minimum absolute atomic E-state index is 0.459. The zero-order valence-electron chi connectivity index (χ0n) is 8.21. The second kappa shape index (κ2) is 4.43. The third-order valence-corrected chi connectivity index (χ3v) is 3.71. The summed E-state index contributed by atoms with van der Waals surface area (Å²) in [6.07, 6.45) is 11.6. The van der Waals surface area contributed by atoms with Gasteiger partial charge >= 0.3 is 0 Å². The van der Waals surface area contributed by atoms with Crippen LogP contribution in [-0.2, 0) is 4.79 Å². The monoisotopic (exact) mass is 254 g/mol. The Labute approximate surface area is 93.4 Å². The van der Waals surface area contributed by atoms with Crippen LogP contribution in [0.25, 0.3) is 0 Å². The third kappa shape index (κ3) is 2.35. The maximum absolute atomic E-state index is 11.3. The van der Waals surface area contributed by atoms with Gasteiger partial charge in [-0.15, -0.1) is 0 Å². The molecule has 0 bridgehead atoms. The van der Waals surface area contributed by atoms with Crippen molar-refractivity contribution in [2.45, 2.75) is 32.1 Å².